The van der Waals surface area contributed by atoms with Crippen LogP contribution in [0.25, 0.3) is 0 Å². The maximum Gasteiger partial charge on any atom is 0.269 e. The van der Waals surface area contributed by atoms with Crippen LogP contribution in [0.3, 0.4) is 0 Å². The first-order valence-electron chi connectivity index (χ1n) is 7.11. The monoisotopic (exact) mass is 280 g/mol. The van der Waals surface area contributed by atoms with E-state index in [9.17, 15) is 10.1 Å². The lowest BCUT2D eigenvalue weighted by molar-refractivity contribution is -0.384. The molecule has 1 rings (SSSR count). The molecule has 1 aromatic carbocycles. The van der Waals surface area contributed by atoms with E-state index < -0.39 is 0 Å². The molecule has 0 atom stereocenters. The molecule has 0 unspecified atom stereocenters. The van der Waals surface area contributed by atoms with Crippen LogP contribution in [0.1, 0.15) is 25.8 Å². The molecule has 0 aliphatic carbocycles. The second-order valence-corrected chi connectivity index (χ2v) is 5.22. The summed E-state index contributed by atoms with van der Waals surface area (Å²) >= 11 is 0. The van der Waals surface area contributed by atoms with Crippen LogP contribution >= 0.6 is 0 Å². The van der Waals surface area contributed by atoms with Gasteiger partial charge in [-0.25, -0.2) is 0 Å². The number of hydrogen-bond acceptors (Lipinski definition) is 4. The van der Waals surface area contributed by atoms with Crippen molar-refractivity contribution >= 4 is 5.69 Å². The van der Waals surface area contributed by atoms with Crippen LogP contribution in [0, 0.1) is 16.0 Å². The van der Waals surface area contributed by atoms with Crippen LogP contribution in [0.2, 0.25) is 0 Å². The molecule has 0 amide bonds. The average Bonchev–Trinajstić information content (AvgIpc) is 2.42. The lowest BCUT2D eigenvalue weighted by Gasteiger charge is -2.07. The third-order valence-corrected chi connectivity index (χ3v) is 3.00. The summed E-state index contributed by atoms with van der Waals surface area (Å²) in [5.74, 6) is 0.685. The van der Waals surface area contributed by atoms with E-state index >= 15 is 0 Å². The molecule has 20 heavy (non-hydrogen) atoms. The van der Waals surface area contributed by atoms with Gasteiger partial charge in [0.05, 0.1) is 11.5 Å². The summed E-state index contributed by atoms with van der Waals surface area (Å²) < 4.78 is 5.50. The Balaban J connectivity index is 2.05. The molecule has 0 saturated carbocycles. The van der Waals surface area contributed by atoms with Gasteiger partial charge in [0.15, 0.2) is 0 Å². The van der Waals surface area contributed by atoms with Crippen LogP contribution in [-0.2, 0) is 11.2 Å². The molecular weight excluding hydrogens is 256 g/mol. The van der Waals surface area contributed by atoms with E-state index in [1.807, 2.05) is 0 Å². The van der Waals surface area contributed by atoms with E-state index in [-0.39, 0.29) is 10.6 Å². The lowest BCUT2D eigenvalue weighted by atomic mass is 10.1. The van der Waals surface area contributed by atoms with E-state index in [1.165, 1.54) is 0 Å². The largest absolute Gasteiger partial charge is 0.380 e. The molecule has 1 N–H and O–H groups in total. The minimum absolute atomic E-state index is 0.139. The Kier molecular flexibility index (Phi) is 7.84. The van der Waals surface area contributed by atoms with Crippen molar-refractivity contribution in [3.8, 4) is 0 Å². The van der Waals surface area contributed by atoms with Crippen molar-refractivity contribution in [2.75, 3.05) is 26.3 Å². The first-order chi connectivity index (χ1) is 9.59. The minimum atomic E-state index is -0.378. The summed E-state index contributed by atoms with van der Waals surface area (Å²) in [5.41, 5.74) is 1.24. The van der Waals surface area contributed by atoms with Gasteiger partial charge in [0.1, 0.15) is 0 Å². The van der Waals surface area contributed by atoms with Crippen LogP contribution < -0.4 is 5.32 Å². The predicted molar refractivity (Wildman–Crippen MR) is 79.9 cm³/mol. The van der Waals surface area contributed by atoms with Gasteiger partial charge in [0.25, 0.3) is 5.69 Å². The quantitative estimate of drug-likeness (QED) is 0.406. The number of ether oxygens (including phenoxy) is 1. The standard InChI is InChI=1S/C15H24N2O3/c1-13(2)8-11-20-12-10-16-9-7-14-3-5-15(6-4-14)17(18)19/h3-6,13,16H,7-12H2,1-2H3. The van der Waals surface area contributed by atoms with Crippen LogP contribution in [0.5, 0.6) is 0 Å². The fraction of sp³-hybridized carbons (Fsp3) is 0.600. The van der Waals surface area contributed by atoms with E-state index in [1.54, 1.807) is 24.3 Å². The summed E-state index contributed by atoms with van der Waals surface area (Å²) in [7, 11) is 0. The summed E-state index contributed by atoms with van der Waals surface area (Å²) in [6.45, 7) is 7.61. The van der Waals surface area contributed by atoms with Crippen molar-refractivity contribution in [1.82, 2.24) is 5.32 Å². The first-order valence-corrected chi connectivity index (χ1v) is 7.11. The molecule has 112 valence electrons. The first kappa shape index (κ1) is 16.6. The average molecular weight is 280 g/mol. The van der Waals surface area contributed by atoms with Crippen molar-refractivity contribution in [2.24, 2.45) is 5.92 Å². The van der Waals surface area contributed by atoms with Crippen molar-refractivity contribution in [2.45, 2.75) is 26.7 Å². The van der Waals surface area contributed by atoms with Crippen LogP contribution in [0.15, 0.2) is 24.3 Å². The molecule has 5 nitrogen and oxygen atoms in total. The second-order valence-electron chi connectivity index (χ2n) is 5.22. The van der Waals surface area contributed by atoms with Gasteiger partial charge in [-0.2, -0.15) is 0 Å². The highest BCUT2D eigenvalue weighted by Crippen LogP contribution is 2.11. The highest BCUT2D eigenvalue weighted by molar-refractivity contribution is 5.32. The molecular formula is C15H24N2O3. The number of non-ortho nitro benzene ring substituents is 1. The Hall–Kier alpha value is -1.46. The minimum Gasteiger partial charge on any atom is -0.380 e. The Morgan fingerprint density at radius 1 is 1.20 bits per heavy atom. The highest BCUT2D eigenvalue weighted by Gasteiger charge is 2.03. The predicted octanol–water partition coefficient (Wildman–Crippen LogP) is 2.79. The normalized spacial score (nSPS) is 10.9. The van der Waals surface area contributed by atoms with E-state index in [4.69, 9.17) is 4.74 Å². The van der Waals surface area contributed by atoms with Gasteiger partial charge in [-0.1, -0.05) is 26.0 Å². The fourth-order valence-electron chi connectivity index (χ4n) is 1.71. The molecule has 0 bridgehead atoms. The number of hydrogen-bond donors (Lipinski definition) is 1. The van der Waals surface area contributed by atoms with E-state index in [2.05, 4.69) is 19.2 Å². The zero-order valence-corrected chi connectivity index (χ0v) is 12.3. The second kappa shape index (κ2) is 9.44. The molecule has 0 radical (unpaired) electrons. The highest BCUT2D eigenvalue weighted by atomic mass is 16.6. The Bertz CT molecular complexity index is 391. The summed E-state index contributed by atoms with van der Waals surface area (Å²) in [6.07, 6.45) is 1.97. The zero-order valence-electron chi connectivity index (χ0n) is 12.3. The third-order valence-electron chi connectivity index (χ3n) is 3.00. The number of nitrogens with one attached hydrogen (secondary N) is 1. The van der Waals surface area contributed by atoms with Gasteiger partial charge in [-0.05, 0) is 30.9 Å². The van der Waals surface area contributed by atoms with Crippen molar-refractivity contribution in [1.29, 1.82) is 0 Å². The van der Waals surface area contributed by atoms with Crippen LogP contribution in [0.4, 0.5) is 5.69 Å². The lowest BCUT2D eigenvalue weighted by Crippen LogP contribution is -2.22. The van der Waals surface area contributed by atoms with Gasteiger partial charge in [0, 0.05) is 25.3 Å². The molecule has 0 aromatic heterocycles. The van der Waals surface area contributed by atoms with Gasteiger partial charge < -0.3 is 10.1 Å². The molecule has 0 aliphatic rings. The molecule has 0 spiro atoms. The molecule has 0 saturated heterocycles. The number of nitro benzene ring substituents is 1. The van der Waals surface area contributed by atoms with Crippen molar-refractivity contribution < 1.29 is 9.66 Å². The van der Waals surface area contributed by atoms with Crippen molar-refractivity contribution in [3.05, 3.63) is 39.9 Å². The van der Waals surface area contributed by atoms with Gasteiger partial charge >= 0.3 is 0 Å². The van der Waals surface area contributed by atoms with E-state index in [0.717, 1.165) is 44.7 Å². The summed E-state index contributed by atoms with van der Waals surface area (Å²) in [4.78, 5) is 10.1. The molecule has 5 heteroatoms. The summed E-state index contributed by atoms with van der Waals surface area (Å²) in [5, 5.41) is 13.8. The Labute approximate surface area is 120 Å². The zero-order chi connectivity index (χ0) is 14.8. The maximum atomic E-state index is 10.5. The number of nitrogens with zero attached hydrogens (tertiary/aromatic N) is 1. The topological polar surface area (TPSA) is 64.4 Å². The third kappa shape index (κ3) is 7.21. The van der Waals surface area contributed by atoms with Crippen molar-refractivity contribution in [3.63, 3.8) is 0 Å². The maximum absolute atomic E-state index is 10.5. The molecule has 1 aromatic rings. The summed E-state index contributed by atoms with van der Waals surface area (Å²) in [6, 6.07) is 6.70. The number of benzene rings is 1. The van der Waals surface area contributed by atoms with Gasteiger partial charge in [0.2, 0.25) is 0 Å². The Morgan fingerprint density at radius 3 is 2.50 bits per heavy atom. The Morgan fingerprint density at radius 2 is 1.90 bits per heavy atom. The smallest absolute Gasteiger partial charge is 0.269 e. The van der Waals surface area contributed by atoms with Crippen LogP contribution in [-0.4, -0.2) is 31.2 Å². The number of nitro groups is 1. The van der Waals surface area contributed by atoms with E-state index in [0.29, 0.717) is 5.92 Å². The van der Waals surface area contributed by atoms with Gasteiger partial charge in [-0.15, -0.1) is 0 Å². The molecule has 0 fully saturated rings. The number of rotatable bonds is 10. The van der Waals surface area contributed by atoms with Gasteiger partial charge in [-0.3, -0.25) is 10.1 Å². The fourth-order valence-corrected chi connectivity index (χ4v) is 1.71. The molecule has 0 heterocycles. The molecule has 0 aliphatic heterocycles. The SMILES string of the molecule is CC(C)CCOCCNCCc1ccc([N+](=O)[O-])cc1.